The molecule has 0 atom stereocenters. The molecule has 88 valence electrons. The van der Waals surface area contributed by atoms with Crippen LogP contribution in [-0.4, -0.2) is 29.6 Å². The summed E-state index contributed by atoms with van der Waals surface area (Å²) in [4.78, 5) is 13.0. The van der Waals surface area contributed by atoms with Crippen molar-refractivity contribution in [1.29, 1.82) is 0 Å². The molecular weight excluding hydrogens is 202 g/mol. The van der Waals surface area contributed by atoms with E-state index in [-0.39, 0.29) is 0 Å². The van der Waals surface area contributed by atoms with E-state index in [2.05, 4.69) is 11.9 Å². The van der Waals surface area contributed by atoms with Crippen LogP contribution in [0.15, 0.2) is 18.2 Å². The minimum absolute atomic E-state index is 0.388. The van der Waals surface area contributed by atoms with Crippen LogP contribution in [0, 0.1) is 0 Å². The third kappa shape index (κ3) is 2.83. The fourth-order valence-electron chi connectivity index (χ4n) is 1.83. The Morgan fingerprint density at radius 3 is 2.62 bits per heavy atom. The van der Waals surface area contributed by atoms with Crippen LogP contribution in [0.4, 0.5) is 0 Å². The molecule has 0 bridgehead atoms. The van der Waals surface area contributed by atoms with Crippen molar-refractivity contribution in [2.45, 2.75) is 26.8 Å². The molecule has 16 heavy (non-hydrogen) atoms. The van der Waals surface area contributed by atoms with Gasteiger partial charge >= 0.3 is 5.97 Å². The monoisotopic (exact) mass is 221 g/mol. The third-order valence-electron chi connectivity index (χ3n) is 2.66. The number of carboxylic acid groups (broad SMARTS) is 1. The number of aromatic carboxylic acids is 1. The Balaban J connectivity index is 0.000000606. The first-order chi connectivity index (χ1) is 7.66. The predicted molar refractivity (Wildman–Crippen MR) is 64.8 cm³/mol. The van der Waals surface area contributed by atoms with Gasteiger partial charge in [-0.2, -0.15) is 0 Å². The molecule has 0 unspecified atom stereocenters. The van der Waals surface area contributed by atoms with Crippen molar-refractivity contribution in [3.63, 3.8) is 0 Å². The van der Waals surface area contributed by atoms with E-state index in [1.165, 1.54) is 5.56 Å². The van der Waals surface area contributed by atoms with E-state index in [0.717, 1.165) is 25.1 Å². The molecule has 0 saturated heterocycles. The van der Waals surface area contributed by atoms with Crippen molar-refractivity contribution in [3.8, 4) is 0 Å². The highest BCUT2D eigenvalue weighted by Crippen LogP contribution is 2.19. The van der Waals surface area contributed by atoms with Crippen molar-refractivity contribution < 1.29 is 9.90 Å². The minimum Gasteiger partial charge on any atom is -0.478 e. The zero-order valence-electron chi connectivity index (χ0n) is 10.2. The van der Waals surface area contributed by atoms with Crippen molar-refractivity contribution in [3.05, 3.63) is 34.9 Å². The van der Waals surface area contributed by atoms with Crippen LogP contribution in [0.1, 0.15) is 35.3 Å². The lowest BCUT2D eigenvalue weighted by Crippen LogP contribution is -2.26. The van der Waals surface area contributed by atoms with Crippen LogP contribution in [0.25, 0.3) is 0 Å². The van der Waals surface area contributed by atoms with Gasteiger partial charge in [-0.25, -0.2) is 4.79 Å². The summed E-state index contributed by atoms with van der Waals surface area (Å²) in [6, 6.07) is 5.41. The van der Waals surface area contributed by atoms with Crippen LogP contribution in [-0.2, 0) is 13.0 Å². The van der Waals surface area contributed by atoms with Gasteiger partial charge < -0.3 is 10.0 Å². The molecule has 1 aliphatic heterocycles. The number of rotatable bonds is 1. The van der Waals surface area contributed by atoms with Crippen LogP contribution in [0.3, 0.4) is 0 Å². The lowest BCUT2D eigenvalue weighted by molar-refractivity contribution is 0.0696. The molecule has 1 aromatic rings. The average molecular weight is 221 g/mol. The summed E-state index contributed by atoms with van der Waals surface area (Å²) < 4.78 is 0. The van der Waals surface area contributed by atoms with Crippen molar-refractivity contribution >= 4 is 5.97 Å². The van der Waals surface area contributed by atoms with Crippen molar-refractivity contribution in [2.24, 2.45) is 0 Å². The topological polar surface area (TPSA) is 40.5 Å². The van der Waals surface area contributed by atoms with E-state index in [0.29, 0.717) is 5.56 Å². The molecule has 0 spiro atoms. The first-order valence-electron chi connectivity index (χ1n) is 5.70. The number of nitrogens with zero attached hydrogens (tertiary/aromatic N) is 1. The molecule has 1 N–H and O–H groups in total. The summed E-state index contributed by atoms with van der Waals surface area (Å²) in [5.41, 5.74) is 2.82. The maximum absolute atomic E-state index is 10.8. The summed E-state index contributed by atoms with van der Waals surface area (Å²) in [5, 5.41) is 8.84. The number of likely N-dealkylation sites (N-methyl/N-ethyl adjacent to an activating group) is 1. The Labute approximate surface area is 96.7 Å². The number of hydrogen-bond donors (Lipinski definition) is 1. The van der Waals surface area contributed by atoms with E-state index in [4.69, 9.17) is 5.11 Å². The van der Waals surface area contributed by atoms with E-state index < -0.39 is 5.97 Å². The second kappa shape index (κ2) is 5.66. The quantitative estimate of drug-likeness (QED) is 0.791. The molecular formula is C13H19NO2. The second-order valence-corrected chi connectivity index (χ2v) is 3.78. The number of carboxylic acids is 1. The first-order valence-corrected chi connectivity index (χ1v) is 5.70. The molecule has 1 aromatic carbocycles. The average Bonchev–Trinajstić information content (AvgIpc) is 2.30. The molecule has 3 heteroatoms. The number of fused-ring (bicyclic) bond motifs is 1. The van der Waals surface area contributed by atoms with Crippen molar-refractivity contribution in [1.82, 2.24) is 4.90 Å². The molecule has 0 aliphatic carbocycles. The normalized spacial score (nSPS) is 14.7. The molecule has 1 heterocycles. The van der Waals surface area contributed by atoms with Crippen LogP contribution in [0.2, 0.25) is 0 Å². The predicted octanol–water partition coefficient (Wildman–Crippen LogP) is 2.40. The molecule has 0 amide bonds. The van der Waals surface area contributed by atoms with Gasteiger partial charge in [-0.1, -0.05) is 19.9 Å². The first kappa shape index (κ1) is 12.7. The molecule has 0 saturated carbocycles. The van der Waals surface area contributed by atoms with Gasteiger partial charge in [-0.15, -0.1) is 0 Å². The van der Waals surface area contributed by atoms with Gasteiger partial charge in [0.25, 0.3) is 0 Å². The zero-order valence-corrected chi connectivity index (χ0v) is 10.2. The summed E-state index contributed by atoms with van der Waals surface area (Å²) >= 11 is 0. The molecule has 0 radical (unpaired) electrons. The molecule has 0 fully saturated rings. The zero-order chi connectivity index (χ0) is 12.1. The lowest BCUT2D eigenvalue weighted by atomic mass is 9.98. The van der Waals surface area contributed by atoms with Gasteiger partial charge in [-0.05, 0) is 36.7 Å². The molecule has 1 aliphatic rings. The highest BCUT2D eigenvalue weighted by molar-refractivity contribution is 5.87. The number of benzene rings is 1. The Morgan fingerprint density at radius 2 is 2.00 bits per heavy atom. The highest BCUT2D eigenvalue weighted by Gasteiger charge is 2.14. The van der Waals surface area contributed by atoms with Gasteiger partial charge in [-0.3, -0.25) is 0 Å². The van der Waals surface area contributed by atoms with Crippen LogP contribution in [0.5, 0.6) is 0 Å². The van der Waals surface area contributed by atoms with Gasteiger partial charge in [0, 0.05) is 13.1 Å². The van der Waals surface area contributed by atoms with E-state index >= 15 is 0 Å². The second-order valence-electron chi connectivity index (χ2n) is 3.78. The maximum Gasteiger partial charge on any atom is 0.335 e. The molecule has 0 aromatic heterocycles. The SMILES string of the molecule is CC.CN1CCc2ccc(C(=O)O)cc2C1. The Morgan fingerprint density at radius 1 is 1.31 bits per heavy atom. The van der Waals surface area contributed by atoms with Crippen LogP contribution >= 0.6 is 0 Å². The standard InChI is InChI=1S/C11H13NO2.C2H6/c1-12-5-4-8-2-3-9(11(13)14)6-10(8)7-12;1-2/h2-3,6H,4-5,7H2,1H3,(H,13,14);1-2H3. The Kier molecular flexibility index (Phi) is 4.50. The smallest absolute Gasteiger partial charge is 0.335 e. The number of hydrogen-bond acceptors (Lipinski definition) is 2. The summed E-state index contributed by atoms with van der Waals surface area (Å²) in [6.07, 6.45) is 1.02. The summed E-state index contributed by atoms with van der Waals surface area (Å²) in [6.45, 7) is 5.91. The summed E-state index contributed by atoms with van der Waals surface area (Å²) in [7, 11) is 2.05. The van der Waals surface area contributed by atoms with Gasteiger partial charge in [0.15, 0.2) is 0 Å². The van der Waals surface area contributed by atoms with E-state index in [9.17, 15) is 4.79 Å². The largest absolute Gasteiger partial charge is 0.478 e. The fourth-order valence-corrected chi connectivity index (χ4v) is 1.83. The van der Waals surface area contributed by atoms with Gasteiger partial charge in [0.1, 0.15) is 0 Å². The highest BCUT2D eigenvalue weighted by atomic mass is 16.4. The third-order valence-corrected chi connectivity index (χ3v) is 2.66. The summed E-state index contributed by atoms with van der Waals surface area (Å²) in [5.74, 6) is -0.846. The fraction of sp³-hybridized carbons (Fsp3) is 0.462. The number of carbonyl (C=O) groups is 1. The lowest BCUT2D eigenvalue weighted by Gasteiger charge is -2.24. The Bertz CT molecular complexity index is 374. The molecule has 2 rings (SSSR count). The maximum atomic E-state index is 10.8. The van der Waals surface area contributed by atoms with Gasteiger partial charge in [0.05, 0.1) is 5.56 Å². The van der Waals surface area contributed by atoms with Crippen LogP contribution < -0.4 is 0 Å². The van der Waals surface area contributed by atoms with E-state index in [1.807, 2.05) is 19.9 Å². The van der Waals surface area contributed by atoms with E-state index in [1.54, 1.807) is 12.1 Å². The minimum atomic E-state index is -0.846. The molecule has 3 nitrogen and oxygen atoms in total. The Hall–Kier alpha value is -1.35. The van der Waals surface area contributed by atoms with Crippen molar-refractivity contribution in [2.75, 3.05) is 13.6 Å². The van der Waals surface area contributed by atoms with Gasteiger partial charge in [0.2, 0.25) is 0 Å².